The zero-order chi connectivity index (χ0) is 15.5. The minimum Gasteiger partial charge on any atom is -0.333 e. The van der Waals surface area contributed by atoms with Crippen LogP contribution in [0, 0.1) is 6.92 Å². The van der Waals surface area contributed by atoms with E-state index in [1.165, 1.54) is 16.2 Å². The summed E-state index contributed by atoms with van der Waals surface area (Å²) in [5, 5.41) is 7.06. The molecule has 0 spiro atoms. The van der Waals surface area contributed by atoms with Crippen LogP contribution in [0.15, 0.2) is 34.3 Å². The lowest BCUT2D eigenvalue weighted by Gasteiger charge is -2.19. The molecule has 3 heterocycles. The van der Waals surface area contributed by atoms with E-state index in [2.05, 4.69) is 16.4 Å². The monoisotopic (exact) mass is 348 g/mol. The normalized spacial score (nSPS) is 10.8. The first kappa shape index (κ1) is 15.4. The molecule has 114 valence electrons. The van der Waals surface area contributed by atoms with E-state index in [0.717, 1.165) is 21.1 Å². The smallest absolute Gasteiger partial charge is 0.266 e. The predicted octanol–water partition coefficient (Wildman–Crippen LogP) is 4.90. The van der Waals surface area contributed by atoms with E-state index in [9.17, 15) is 4.79 Å². The van der Waals surface area contributed by atoms with E-state index in [4.69, 9.17) is 0 Å². The Bertz CT molecular complexity index is 745. The number of aromatic nitrogens is 1. The van der Waals surface area contributed by atoms with Crippen molar-refractivity contribution in [2.45, 2.75) is 20.4 Å². The number of thiophene rings is 2. The zero-order valence-electron chi connectivity index (χ0n) is 12.4. The Hall–Kier alpha value is -1.50. The van der Waals surface area contributed by atoms with Gasteiger partial charge in [-0.25, -0.2) is 4.98 Å². The Balaban J connectivity index is 1.84. The molecule has 0 unspecified atom stereocenters. The molecular formula is C16H16N2OS3. The molecule has 0 saturated heterocycles. The largest absolute Gasteiger partial charge is 0.333 e. The first-order valence-corrected chi connectivity index (χ1v) is 9.64. The number of amides is 1. The first-order chi connectivity index (χ1) is 10.7. The van der Waals surface area contributed by atoms with Gasteiger partial charge < -0.3 is 4.90 Å². The SMILES string of the molecule is CCN(Cc1cccs1)C(=O)c1sc(-c2ccsc2)nc1C. The van der Waals surface area contributed by atoms with Crippen molar-refractivity contribution in [2.24, 2.45) is 0 Å². The Labute approximate surface area is 141 Å². The summed E-state index contributed by atoms with van der Waals surface area (Å²) in [7, 11) is 0. The van der Waals surface area contributed by atoms with Gasteiger partial charge in [0.25, 0.3) is 5.91 Å². The molecule has 0 aliphatic carbocycles. The topological polar surface area (TPSA) is 33.2 Å². The molecule has 3 aromatic rings. The molecule has 0 radical (unpaired) electrons. The molecule has 6 heteroatoms. The summed E-state index contributed by atoms with van der Waals surface area (Å²) in [4.78, 5) is 21.2. The highest BCUT2D eigenvalue weighted by molar-refractivity contribution is 7.17. The first-order valence-electron chi connectivity index (χ1n) is 7.00. The van der Waals surface area contributed by atoms with Crippen LogP contribution < -0.4 is 0 Å². The molecule has 0 aliphatic heterocycles. The van der Waals surface area contributed by atoms with E-state index >= 15 is 0 Å². The Morgan fingerprint density at radius 1 is 1.32 bits per heavy atom. The van der Waals surface area contributed by atoms with E-state index in [1.807, 2.05) is 41.6 Å². The van der Waals surface area contributed by atoms with E-state index in [0.29, 0.717) is 13.1 Å². The van der Waals surface area contributed by atoms with Crippen molar-refractivity contribution in [3.05, 3.63) is 49.8 Å². The maximum Gasteiger partial charge on any atom is 0.266 e. The van der Waals surface area contributed by atoms with Crippen LogP contribution in [0.1, 0.15) is 27.2 Å². The molecular weight excluding hydrogens is 332 g/mol. The van der Waals surface area contributed by atoms with Crippen molar-refractivity contribution in [1.82, 2.24) is 9.88 Å². The average Bonchev–Trinajstić information content (AvgIpc) is 3.25. The molecule has 0 N–H and O–H groups in total. The second-order valence-corrected chi connectivity index (χ2v) is 7.66. The Morgan fingerprint density at radius 2 is 2.18 bits per heavy atom. The molecule has 3 rings (SSSR count). The lowest BCUT2D eigenvalue weighted by Crippen LogP contribution is -2.29. The number of aryl methyl sites for hydroxylation is 1. The van der Waals surface area contributed by atoms with Gasteiger partial charge in [-0.2, -0.15) is 11.3 Å². The highest BCUT2D eigenvalue weighted by atomic mass is 32.1. The third-order valence-electron chi connectivity index (χ3n) is 3.35. The molecule has 0 atom stereocenters. The Kier molecular flexibility index (Phi) is 4.71. The summed E-state index contributed by atoms with van der Waals surface area (Å²) in [5.41, 5.74) is 1.92. The molecule has 0 fully saturated rings. The van der Waals surface area contributed by atoms with Crippen molar-refractivity contribution in [1.29, 1.82) is 0 Å². The summed E-state index contributed by atoms with van der Waals surface area (Å²) in [5.74, 6) is 0.0763. The molecule has 1 amide bonds. The van der Waals surface area contributed by atoms with Gasteiger partial charge >= 0.3 is 0 Å². The summed E-state index contributed by atoms with van der Waals surface area (Å²) in [6, 6.07) is 6.13. The third kappa shape index (κ3) is 3.14. The number of rotatable bonds is 5. The third-order valence-corrected chi connectivity index (χ3v) is 6.09. The van der Waals surface area contributed by atoms with Crippen molar-refractivity contribution in [2.75, 3.05) is 6.54 Å². The molecule has 3 nitrogen and oxygen atoms in total. The highest BCUT2D eigenvalue weighted by Crippen LogP contribution is 2.30. The van der Waals surface area contributed by atoms with E-state index in [-0.39, 0.29) is 5.91 Å². The van der Waals surface area contributed by atoms with Crippen LogP contribution in [-0.2, 0) is 6.54 Å². The average molecular weight is 349 g/mol. The lowest BCUT2D eigenvalue weighted by atomic mass is 10.3. The van der Waals surface area contributed by atoms with Gasteiger partial charge in [0.1, 0.15) is 9.88 Å². The van der Waals surface area contributed by atoms with Crippen LogP contribution in [0.25, 0.3) is 10.6 Å². The number of hydrogen-bond donors (Lipinski definition) is 0. The predicted molar refractivity (Wildman–Crippen MR) is 94.9 cm³/mol. The number of carbonyl (C=O) groups is 1. The summed E-state index contributed by atoms with van der Waals surface area (Å²) in [6.45, 7) is 5.29. The summed E-state index contributed by atoms with van der Waals surface area (Å²) >= 11 is 4.82. The summed E-state index contributed by atoms with van der Waals surface area (Å²) in [6.07, 6.45) is 0. The number of thiazole rings is 1. The minimum atomic E-state index is 0.0763. The minimum absolute atomic E-state index is 0.0763. The molecule has 0 aromatic carbocycles. The number of hydrogen-bond acceptors (Lipinski definition) is 5. The second kappa shape index (κ2) is 6.73. The van der Waals surface area contributed by atoms with Crippen LogP contribution in [0.3, 0.4) is 0 Å². The fourth-order valence-electron chi connectivity index (χ4n) is 2.17. The lowest BCUT2D eigenvalue weighted by molar-refractivity contribution is 0.0758. The van der Waals surface area contributed by atoms with E-state index < -0.39 is 0 Å². The van der Waals surface area contributed by atoms with Gasteiger partial charge in [-0.3, -0.25) is 4.79 Å². The van der Waals surface area contributed by atoms with Gasteiger partial charge in [-0.1, -0.05) is 6.07 Å². The quantitative estimate of drug-likeness (QED) is 0.657. The van der Waals surface area contributed by atoms with Gasteiger partial charge in [0, 0.05) is 22.4 Å². The van der Waals surface area contributed by atoms with Crippen LogP contribution in [-0.4, -0.2) is 22.3 Å². The molecule has 3 aromatic heterocycles. The zero-order valence-corrected chi connectivity index (χ0v) is 14.9. The molecule has 0 saturated carbocycles. The van der Waals surface area contributed by atoms with Crippen LogP contribution >= 0.6 is 34.0 Å². The van der Waals surface area contributed by atoms with Crippen LogP contribution in [0.5, 0.6) is 0 Å². The highest BCUT2D eigenvalue weighted by Gasteiger charge is 2.21. The van der Waals surface area contributed by atoms with Gasteiger partial charge in [0.05, 0.1) is 12.2 Å². The van der Waals surface area contributed by atoms with Gasteiger partial charge in [0.15, 0.2) is 0 Å². The number of carbonyl (C=O) groups excluding carboxylic acids is 1. The second-order valence-electron chi connectivity index (χ2n) is 4.84. The molecule has 0 aliphatic rings. The van der Waals surface area contributed by atoms with Crippen molar-refractivity contribution < 1.29 is 4.79 Å². The molecule has 22 heavy (non-hydrogen) atoms. The molecule has 0 bridgehead atoms. The standard InChI is InChI=1S/C16H16N2OS3/c1-3-18(9-13-5-4-7-21-13)16(19)14-11(2)17-15(22-14)12-6-8-20-10-12/h4-8,10H,3,9H2,1-2H3. The van der Waals surface area contributed by atoms with Crippen LogP contribution in [0.2, 0.25) is 0 Å². The maximum absolute atomic E-state index is 12.8. The summed E-state index contributed by atoms with van der Waals surface area (Å²) < 4.78 is 0. The van der Waals surface area contributed by atoms with Gasteiger partial charge in [0.2, 0.25) is 0 Å². The Morgan fingerprint density at radius 3 is 2.82 bits per heavy atom. The van der Waals surface area contributed by atoms with Gasteiger partial charge in [-0.15, -0.1) is 22.7 Å². The van der Waals surface area contributed by atoms with Crippen molar-refractivity contribution in [3.8, 4) is 10.6 Å². The van der Waals surface area contributed by atoms with Gasteiger partial charge in [-0.05, 0) is 36.7 Å². The fourth-order valence-corrected chi connectivity index (χ4v) is 4.63. The van der Waals surface area contributed by atoms with Crippen molar-refractivity contribution >= 4 is 39.9 Å². The van der Waals surface area contributed by atoms with Crippen LogP contribution in [0.4, 0.5) is 0 Å². The van der Waals surface area contributed by atoms with Crippen molar-refractivity contribution in [3.63, 3.8) is 0 Å². The number of nitrogens with zero attached hydrogens (tertiary/aromatic N) is 2. The fraction of sp³-hybridized carbons (Fsp3) is 0.250. The van der Waals surface area contributed by atoms with E-state index in [1.54, 1.807) is 22.7 Å². The maximum atomic E-state index is 12.8.